The molecule has 1 saturated heterocycles. The van der Waals surface area contributed by atoms with Gasteiger partial charge in [0.1, 0.15) is 6.04 Å². The SMILES string of the molecule is CC1SCC(C(=O)O)N1C(=O)NCCNS(C)(=O)=O. The van der Waals surface area contributed by atoms with Crippen LogP contribution >= 0.6 is 11.8 Å². The van der Waals surface area contributed by atoms with Gasteiger partial charge in [0, 0.05) is 18.8 Å². The van der Waals surface area contributed by atoms with E-state index in [2.05, 4.69) is 10.0 Å². The minimum atomic E-state index is -3.29. The average Bonchev–Trinajstić information content (AvgIpc) is 2.65. The van der Waals surface area contributed by atoms with E-state index in [0.29, 0.717) is 5.75 Å². The van der Waals surface area contributed by atoms with Crippen molar-refractivity contribution in [2.24, 2.45) is 0 Å². The Labute approximate surface area is 116 Å². The minimum absolute atomic E-state index is 0.0671. The standard InChI is InChI=1S/C9H17N3O5S2/c1-6-12(7(5-18-6)8(13)14)9(15)10-3-4-11-19(2,16)17/h6-7,11H,3-5H2,1-2H3,(H,10,15)(H,13,14). The molecule has 2 atom stereocenters. The summed E-state index contributed by atoms with van der Waals surface area (Å²) in [5, 5.41) is 11.3. The van der Waals surface area contributed by atoms with E-state index in [1.54, 1.807) is 6.92 Å². The summed E-state index contributed by atoms with van der Waals surface area (Å²) in [6, 6.07) is -1.34. The largest absolute Gasteiger partial charge is 0.480 e. The number of hydrogen-bond acceptors (Lipinski definition) is 5. The van der Waals surface area contributed by atoms with Crippen molar-refractivity contribution in [3.05, 3.63) is 0 Å². The highest BCUT2D eigenvalue weighted by Gasteiger charge is 2.39. The van der Waals surface area contributed by atoms with Gasteiger partial charge in [-0.15, -0.1) is 11.8 Å². The molecule has 1 aliphatic heterocycles. The fourth-order valence-corrected chi connectivity index (χ4v) is 3.28. The topological polar surface area (TPSA) is 116 Å². The molecule has 3 N–H and O–H groups in total. The number of rotatable bonds is 5. The molecule has 10 heteroatoms. The third-order valence-electron chi connectivity index (χ3n) is 2.51. The second-order valence-electron chi connectivity index (χ2n) is 4.09. The fourth-order valence-electron chi connectivity index (χ4n) is 1.64. The average molecular weight is 311 g/mol. The Morgan fingerprint density at radius 1 is 1.42 bits per heavy atom. The van der Waals surface area contributed by atoms with Crippen molar-refractivity contribution >= 4 is 33.8 Å². The quantitative estimate of drug-likeness (QED) is 0.566. The zero-order valence-electron chi connectivity index (χ0n) is 10.6. The van der Waals surface area contributed by atoms with Crippen LogP contribution in [0.5, 0.6) is 0 Å². The van der Waals surface area contributed by atoms with Crippen molar-refractivity contribution in [3.8, 4) is 0 Å². The molecule has 110 valence electrons. The van der Waals surface area contributed by atoms with Gasteiger partial charge >= 0.3 is 12.0 Å². The van der Waals surface area contributed by atoms with Crippen LogP contribution in [-0.2, 0) is 14.8 Å². The normalized spacial score (nSPS) is 23.4. The summed E-state index contributed by atoms with van der Waals surface area (Å²) in [5.41, 5.74) is 0. The molecule has 2 amide bonds. The predicted molar refractivity (Wildman–Crippen MR) is 71.4 cm³/mol. The summed E-state index contributed by atoms with van der Waals surface area (Å²) >= 11 is 1.39. The summed E-state index contributed by atoms with van der Waals surface area (Å²) < 4.78 is 23.9. The Bertz CT molecular complexity index is 453. The van der Waals surface area contributed by atoms with Crippen LogP contribution in [0, 0.1) is 0 Å². The maximum absolute atomic E-state index is 11.9. The Morgan fingerprint density at radius 3 is 2.58 bits per heavy atom. The van der Waals surface area contributed by atoms with Crippen molar-refractivity contribution in [2.75, 3.05) is 25.1 Å². The lowest BCUT2D eigenvalue weighted by atomic mass is 10.3. The Kier molecular flexibility index (Phi) is 5.44. The first-order valence-electron chi connectivity index (χ1n) is 5.57. The number of amides is 2. The molecular formula is C9H17N3O5S2. The minimum Gasteiger partial charge on any atom is -0.480 e. The Hall–Kier alpha value is -1.00. The molecule has 0 radical (unpaired) electrons. The van der Waals surface area contributed by atoms with E-state index in [9.17, 15) is 18.0 Å². The zero-order valence-corrected chi connectivity index (χ0v) is 12.3. The molecular weight excluding hydrogens is 294 g/mol. The van der Waals surface area contributed by atoms with Crippen LogP contribution in [0.15, 0.2) is 0 Å². The van der Waals surface area contributed by atoms with Gasteiger partial charge in [0.15, 0.2) is 0 Å². The van der Waals surface area contributed by atoms with E-state index in [-0.39, 0.29) is 18.5 Å². The third-order valence-corrected chi connectivity index (χ3v) is 4.45. The smallest absolute Gasteiger partial charge is 0.327 e. The van der Waals surface area contributed by atoms with Gasteiger partial charge in [-0.2, -0.15) is 0 Å². The van der Waals surface area contributed by atoms with Gasteiger partial charge in [-0.25, -0.2) is 22.7 Å². The summed E-state index contributed by atoms with van der Waals surface area (Å²) in [4.78, 5) is 24.1. The molecule has 0 aromatic carbocycles. The number of thioether (sulfide) groups is 1. The van der Waals surface area contributed by atoms with Crippen LogP contribution in [0.3, 0.4) is 0 Å². The van der Waals surface area contributed by atoms with Gasteiger partial charge < -0.3 is 10.4 Å². The number of urea groups is 1. The highest BCUT2D eigenvalue weighted by molar-refractivity contribution is 8.00. The van der Waals surface area contributed by atoms with Gasteiger partial charge in [0.25, 0.3) is 0 Å². The van der Waals surface area contributed by atoms with Crippen LogP contribution in [0.25, 0.3) is 0 Å². The van der Waals surface area contributed by atoms with Crippen LogP contribution in [-0.4, -0.2) is 66.9 Å². The van der Waals surface area contributed by atoms with Gasteiger partial charge in [0.2, 0.25) is 10.0 Å². The van der Waals surface area contributed by atoms with Crippen LogP contribution in [0.2, 0.25) is 0 Å². The van der Waals surface area contributed by atoms with Crippen molar-refractivity contribution in [1.82, 2.24) is 14.9 Å². The van der Waals surface area contributed by atoms with Gasteiger partial charge in [-0.1, -0.05) is 0 Å². The molecule has 0 bridgehead atoms. The molecule has 0 saturated carbocycles. The molecule has 0 aromatic rings. The summed E-state index contributed by atoms with van der Waals surface area (Å²) in [7, 11) is -3.29. The third kappa shape index (κ3) is 4.88. The van der Waals surface area contributed by atoms with Crippen molar-refractivity contribution < 1.29 is 23.1 Å². The molecule has 19 heavy (non-hydrogen) atoms. The molecule has 1 rings (SSSR count). The first-order chi connectivity index (χ1) is 8.72. The number of carboxylic acids is 1. The molecule has 1 fully saturated rings. The van der Waals surface area contributed by atoms with Gasteiger partial charge in [0.05, 0.1) is 11.6 Å². The van der Waals surface area contributed by atoms with Gasteiger partial charge in [-0.3, -0.25) is 4.90 Å². The second kappa shape index (κ2) is 6.44. The maximum atomic E-state index is 11.9. The first-order valence-corrected chi connectivity index (χ1v) is 8.51. The van der Waals surface area contributed by atoms with Crippen molar-refractivity contribution in [2.45, 2.75) is 18.3 Å². The van der Waals surface area contributed by atoms with Crippen LogP contribution < -0.4 is 10.0 Å². The van der Waals surface area contributed by atoms with E-state index < -0.39 is 28.1 Å². The van der Waals surface area contributed by atoms with E-state index in [4.69, 9.17) is 5.11 Å². The molecule has 0 spiro atoms. The molecule has 8 nitrogen and oxygen atoms in total. The number of carbonyl (C=O) groups excluding carboxylic acids is 1. The van der Waals surface area contributed by atoms with E-state index in [0.717, 1.165) is 6.26 Å². The predicted octanol–water partition coefficient (Wildman–Crippen LogP) is -0.907. The lowest BCUT2D eigenvalue weighted by Gasteiger charge is -2.25. The number of carboxylic acid groups (broad SMARTS) is 1. The summed E-state index contributed by atoms with van der Waals surface area (Å²) in [6.45, 7) is 1.92. The molecule has 2 unspecified atom stereocenters. The molecule has 1 heterocycles. The maximum Gasteiger partial charge on any atom is 0.327 e. The van der Waals surface area contributed by atoms with E-state index in [1.807, 2.05) is 0 Å². The molecule has 0 aliphatic carbocycles. The van der Waals surface area contributed by atoms with Crippen molar-refractivity contribution in [1.29, 1.82) is 0 Å². The number of aliphatic carboxylic acids is 1. The van der Waals surface area contributed by atoms with Crippen LogP contribution in [0.4, 0.5) is 4.79 Å². The second-order valence-corrected chi connectivity index (χ2v) is 7.27. The lowest BCUT2D eigenvalue weighted by molar-refractivity contribution is -0.141. The van der Waals surface area contributed by atoms with Gasteiger partial charge in [-0.05, 0) is 6.92 Å². The highest BCUT2D eigenvalue weighted by Crippen LogP contribution is 2.28. The van der Waals surface area contributed by atoms with E-state index in [1.165, 1.54) is 16.7 Å². The van der Waals surface area contributed by atoms with Crippen molar-refractivity contribution in [3.63, 3.8) is 0 Å². The Balaban J connectivity index is 2.46. The van der Waals surface area contributed by atoms with Crippen LogP contribution in [0.1, 0.15) is 6.92 Å². The number of nitrogens with one attached hydrogen (secondary N) is 2. The number of sulfonamides is 1. The molecule has 0 aromatic heterocycles. The monoisotopic (exact) mass is 311 g/mol. The fraction of sp³-hybridized carbons (Fsp3) is 0.778. The zero-order chi connectivity index (χ0) is 14.6. The summed E-state index contributed by atoms with van der Waals surface area (Å²) in [5.74, 6) is -0.688. The van der Waals surface area contributed by atoms with E-state index >= 15 is 0 Å². The Morgan fingerprint density at radius 2 is 2.05 bits per heavy atom. The number of hydrogen-bond donors (Lipinski definition) is 3. The number of nitrogens with zero attached hydrogens (tertiary/aromatic N) is 1. The molecule has 1 aliphatic rings. The summed E-state index contributed by atoms with van der Waals surface area (Å²) in [6.07, 6.45) is 1.02. The first kappa shape index (κ1) is 16.1. The lowest BCUT2D eigenvalue weighted by Crippen LogP contribution is -2.50. The highest BCUT2D eigenvalue weighted by atomic mass is 32.2. The number of carbonyl (C=O) groups is 2.